The van der Waals surface area contributed by atoms with Crippen LogP contribution in [0.15, 0.2) is 178 Å². The van der Waals surface area contributed by atoms with Crippen LogP contribution in [0.4, 0.5) is 0 Å². The molecule has 6 heteroatoms. The smallest absolute Gasteiger partial charge is 0.136 e. The van der Waals surface area contributed by atoms with Crippen molar-refractivity contribution in [3.8, 4) is 22.3 Å². The molecule has 54 heavy (non-hydrogen) atoms. The monoisotopic (exact) mass is 698 g/mol. The van der Waals surface area contributed by atoms with Crippen molar-refractivity contribution in [2.45, 2.75) is 18.4 Å². The third kappa shape index (κ3) is 4.95. The number of benzene rings is 7. The molecule has 0 aliphatic carbocycles. The lowest BCUT2D eigenvalue weighted by atomic mass is 9.92. The van der Waals surface area contributed by atoms with Crippen LogP contribution in [-0.4, -0.2) is 12.0 Å². The van der Waals surface area contributed by atoms with Crippen molar-refractivity contribution in [2.24, 2.45) is 4.99 Å². The van der Waals surface area contributed by atoms with Gasteiger partial charge in [-0.1, -0.05) is 140 Å². The summed E-state index contributed by atoms with van der Waals surface area (Å²) in [6.07, 6.45) is 3.52. The van der Waals surface area contributed by atoms with Gasteiger partial charge in [0, 0.05) is 33.5 Å². The molecule has 0 saturated heterocycles. The van der Waals surface area contributed by atoms with Gasteiger partial charge in [-0.3, -0.25) is 5.32 Å². The van der Waals surface area contributed by atoms with Crippen molar-refractivity contribution < 1.29 is 8.83 Å². The average molecular weight is 699 g/mol. The topological polar surface area (TPSA) is 74.7 Å². The van der Waals surface area contributed by atoms with Gasteiger partial charge in [0.15, 0.2) is 0 Å². The van der Waals surface area contributed by atoms with Crippen LogP contribution in [0.1, 0.15) is 34.7 Å². The van der Waals surface area contributed by atoms with Crippen LogP contribution in [0.2, 0.25) is 0 Å². The van der Waals surface area contributed by atoms with Gasteiger partial charge in [-0.15, -0.1) is 0 Å². The first-order chi connectivity index (χ1) is 26.8. The predicted molar refractivity (Wildman–Crippen MR) is 219 cm³/mol. The Hall–Kier alpha value is -6.89. The van der Waals surface area contributed by atoms with Crippen LogP contribution in [-0.2, 0) is 0 Å². The normalized spacial score (nSPS) is 18.1. The van der Waals surface area contributed by atoms with Crippen LogP contribution in [0.3, 0.4) is 0 Å². The predicted octanol–water partition coefficient (Wildman–Crippen LogP) is 11.1. The molecular weight excluding hydrogens is 665 g/mol. The number of furan rings is 2. The maximum Gasteiger partial charge on any atom is 0.136 e. The summed E-state index contributed by atoms with van der Waals surface area (Å²) in [7, 11) is 0. The number of fused-ring (bicyclic) bond motifs is 7. The van der Waals surface area contributed by atoms with Crippen molar-refractivity contribution >= 4 is 55.6 Å². The number of nitrogens with zero attached hydrogens (tertiary/aromatic N) is 1. The van der Waals surface area contributed by atoms with Crippen LogP contribution in [0, 0.1) is 0 Å². The quantitative estimate of drug-likeness (QED) is 0.167. The van der Waals surface area contributed by atoms with Gasteiger partial charge in [0.25, 0.3) is 0 Å². The molecule has 9 aromatic rings. The van der Waals surface area contributed by atoms with Gasteiger partial charge in [0.2, 0.25) is 0 Å². The first kappa shape index (κ1) is 30.7. The van der Waals surface area contributed by atoms with Crippen molar-refractivity contribution in [3.05, 3.63) is 186 Å². The van der Waals surface area contributed by atoms with E-state index in [4.69, 9.17) is 13.8 Å². The molecule has 258 valence electrons. The summed E-state index contributed by atoms with van der Waals surface area (Å²) in [6.45, 7) is 0. The van der Waals surface area contributed by atoms with Crippen molar-refractivity contribution in [1.82, 2.24) is 16.0 Å². The summed E-state index contributed by atoms with van der Waals surface area (Å²) < 4.78 is 12.5. The molecule has 0 saturated carbocycles. The Morgan fingerprint density at radius 2 is 1.13 bits per heavy atom. The van der Waals surface area contributed by atoms with E-state index < -0.39 is 0 Å². The molecule has 4 heterocycles. The fourth-order valence-corrected chi connectivity index (χ4v) is 8.40. The second-order valence-electron chi connectivity index (χ2n) is 14.0. The molecule has 0 spiro atoms. The average Bonchev–Trinajstić information content (AvgIpc) is 3.82. The molecule has 0 amide bonds. The second kappa shape index (κ2) is 12.4. The zero-order valence-corrected chi connectivity index (χ0v) is 29.2. The highest BCUT2D eigenvalue weighted by Crippen LogP contribution is 2.40. The lowest BCUT2D eigenvalue weighted by Gasteiger charge is -2.36. The van der Waals surface area contributed by atoms with Crippen molar-refractivity contribution in [1.29, 1.82) is 0 Å². The van der Waals surface area contributed by atoms with E-state index in [9.17, 15) is 0 Å². The Bertz CT molecular complexity index is 2940. The zero-order chi connectivity index (χ0) is 35.6. The Labute approximate surface area is 311 Å². The summed E-state index contributed by atoms with van der Waals surface area (Å²) in [5.74, 6) is 1.71. The zero-order valence-electron chi connectivity index (χ0n) is 29.2. The molecule has 2 aliphatic heterocycles. The molecule has 2 aromatic heterocycles. The Balaban J connectivity index is 1.00. The van der Waals surface area contributed by atoms with E-state index in [1.165, 1.54) is 16.5 Å². The maximum atomic E-state index is 6.29. The molecule has 3 atom stereocenters. The summed E-state index contributed by atoms with van der Waals surface area (Å²) in [5.41, 5.74) is 10.6. The minimum absolute atomic E-state index is 0.146. The highest BCUT2D eigenvalue weighted by molar-refractivity contribution is 6.14. The molecule has 6 nitrogen and oxygen atoms in total. The minimum atomic E-state index is -0.293. The molecule has 11 rings (SSSR count). The first-order valence-corrected chi connectivity index (χ1v) is 18.4. The van der Waals surface area contributed by atoms with Gasteiger partial charge < -0.3 is 19.5 Å². The summed E-state index contributed by atoms with van der Waals surface area (Å²) in [6, 6.07) is 55.2. The summed E-state index contributed by atoms with van der Waals surface area (Å²) in [5, 5.41) is 16.9. The first-order valence-electron chi connectivity index (χ1n) is 18.4. The van der Waals surface area contributed by atoms with E-state index >= 15 is 0 Å². The van der Waals surface area contributed by atoms with Gasteiger partial charge in [-0.25, -0.2) is 4.99 Å². The molecule has 7 aromatic carbocycles. The number of nitrogens with one attached hydrogen (secondary N) is 3. The van der Waals surface area contributed by atoms with E-state index in [0.29, 0.717) is 0 Å². The fraction of sp³-hybridized carbons (Fsp3) is 0.0625. The maximum absolute atomic E-state index is 6.29. The number of aliphatic imine (C=N–C) groups is 1. The highest BCUT2D eigenvalue weighted by Gasteiger charge is 2.35. The van der Waals surface area contributed by atoms with Gasteiger partial charge in [0.1, 0.15) is 40.7 Å². The molecule has 0 bridgehead atoms. The van der Waals surface area contributed by atoms with Crippen molar-refractivity contribution in [3.63, 3.8) is 0 Å². The third-order valence-electron chi connectivity index (χ3n) is 10.9. The number of rotatable bonds is 5. The number of hydrogen-bond acceptors (Lipinski definition) is 6. The van der Waals surface area contributed by atoms with E-state index in [-0.39, 0.29) is 18.4 Å². The van der Waals surface area contributed by atoms with Crippen molar-refractivity contribution in [2.75, 3.05) is 0 Å². The number of amidine groups is 1. The molecular formula is C48H34N4O2. The largest absolute Gasteiger partial charge is 0.456 e. The fourth-order valence-electron chi connectivity index (χ4n) is 8.40. The second-order valence-corrected chi connectivity index (χ2v) is 14.0. The third-order valence-corrected chi connectivity index (χ3v) is 10.9. The van der Waals surface area contributed by atoms with Gasteiger partial charge in [0.05, 0.1) is 6.04 Å². The molecule has 2 aliphatic rings. The summed E-state index contributed by atoms with van der Waals surface area (Å²) >= 11 is 0. The van der Waals surface area contributed by atoms with Crippen LogP contribution < -0.4 is 16.0 Å². The molecule has 3 unspecified atom stereocenters. The highest BCUT2D eigenvalue weighted by atomic mass is 16.3. The molecule has 0 fully saturated rings. The minimum Gasteiger partial charge on any atom is -0.456 e. The Morgan fingerprint density at radius 3 is 1.93 bits per heavy atom. The van der Waals surface area contributed by atoms with Crippen LogP contribution in [0.25, 0.3) is 72.0 Å². The van der Waals surface area contributed by atoms with E-state index in [1.807, 2.05) is 42.6 Å². The van der Waals surface area contributed by atoms with E-state index in [1.54, 1.807) is 0 Å². The molecule has 0 radical (unpaired) electrons. The Morgan fingerprint density at radius 1 is 0.500 bits per heavy atom. The van der Waals surface area contributed by atoms with E-state index in [0.717, 1.165) is 77.7 Å². The SMILES string of the molecule is C1=Cc2oc3ccccc3c2C(C2N=C(c3ccc(-c4ccc(-c5cccc6oc7ccccc7c56)cc4)c4ccccc34)NC(c3ccccc3)N2)N1. The lowest BCUT2D eigenvalue weighted by Crippen LogP contribution is -2.52. The Kier molecular flexibility index (Phi) is 7.03. The molecule has 3 N–H and O–H groups in total. The van der Waals surface area contributed by atoms with Crippen LogP contribution >= 0.6 is 0 Å². The number of hydrogen-bond donors (Lipinski definition) is 3. The van der Waals surface area contributed by atoms with Gasteiger partial charge in [-0.05, 0) is 62.9 Å². The van der Waals surface area contributed by atoms with Gasteiger partial charge >= 0.3 is 0 Å². The number of para-hydroxylation sites is 2. The standard InChI is InChI=1S/C48H34N4O2/c1-2-11-31(12-3-1)46-50-47(52-48(51-46)45-44-38-16-7-9-19-40(38)54-42(44)27-28-49-45)36-26-25-32(34-13-4-5-14-35(34)36)29-21-23-30(24-22-29)33-17-10-20-41-43(33)37-15-6-8-18-39(37)53-41/h1-28,45-46,48-49,51H,(H,50,52). The lowest BCUT2D eigenvalue weighted by molar-refractivity contribution is 0.336. The van der Waals surface area contributed by atoms with Crippen LogP contribution in [0.5, 0.6) is 0 Å². The summed E-state index contributed by atoms with van der Waals surface area (Å²) in [4.78, 5) is 5.43. The van der Waals surface area contributed by atoms with E-state index in [2.05, 4.69) is 143 Å². The van der Waals surface area contributed by atoms with Gasteiger partial charge in [-0.2, -0.15) is 0 Å².